The Bertz CT molecular complexity index is 577. The fraction of sp³-hybridized carbons (Fsp3) is 0.600. The largest absolute Gasteiger partial charge is 0.306 e. The molecule has 20 heavy (non-hydrogen) atoms. The van der Waals surface area contributed by atoms with Gasteiger partial charge in [0.1, 0.15) is 0 Å². The topological polar surface area (TPSA) is 46.2 Å². The molecule has 0 spiro atoms. The molecule has 3 rings (SSSR count). The molecule has 0 amide bonds. The molecular weight excluding hydrogens is 290 g/mol. The van der Waals surface area contributed by atoms with Crippen LogP contribution in [0.5, 0.6) is 0 Å². The highest BCUT2D eigenvalue weighted by Crippen LogP contribution is 2.35. The average molecular weight is 311 g/mol. The fourth-order valence-electron chi connectivity index (χ4n) is 3.34. The minimum absolute atomic E-state index is 0.0213. The van der Waals surface area contributed by atoms with Crippen LogP contribution in [0.3, 0.4) is 0 Å². The molecule has 1 unspecified atom stereocenters. The molecule has 3 nitrogen and oxygen atoms in total. The van der Waals surface area contributed by atoms with Gasteiger partial charge in [-0.2, -0.15) is 11.8 Å². The third-order valence-corrected chi connectivity index (χ3v) is 7.41. The van der Waals surface area contributed by atoms with E-state index >= 15 is 0 Å². The predicted molar refractivity (Wildman–Crippen MR) is 83.9 cm³/mol. The van der Waals surface area contributed by atoms with Gasteiger partial charge in [-0.3, -0.25) is 0 Å². The third-order valence-electron chi connectivity index (χ3n) is 4.46. The van der Waals surface area contributed by atoms with Gasteiger partial charge in [-0.1, -0.05) is 18.2 Å². The Morgan fingerprint density at radius 1 is 1.15 bits per heavy atom. The van der Waals surface area contributed by atoms with Gasteiger partial charge in [-0.15, -0.1) is 0 Å². The maximum atomic E-state index is 12.2. The molecule has 1 aromatic rings. The minimum Gasteiger partial charge on any atom is -0.306 e. The van der Waals surface area contributed by atoms with Crippen LogP contribution in [0.15, 0.2) is 29.2 Å². The number of thioether (sulfide) groups is 1. The van der Waals surface area contributed by atoms with E-state index in [-0.39, 0.29) is 11.8 Å². The number of fused-ring (bicyclic) bond motifs is 1. The van der Waals surface area contributed by atoms with E-state index in [1.165, 1.54) is 12.8 Å². The van der Waals surface area contributed by atoms with Crippen LogP contribution in [-0.4, -0.2) is 31.7 Å². The van der Waals surface area contributed by atoms with Crippen LogP contribution in [0.1, 0.15) is 37.3 Å². The van der Waals surface area contributed by atoms with Crippen molar-refractivity contribution in [3.8, 4) is 0 Å². The highest BCUT2D eigenvalue weighted by Gasteiger charge is 2.35. The number of hydrogen-bond acceptors (Lipinski definition) is 4. The highest BCUT2D eigenvalue weighted by atomic mass is 32.2. The van der Waals surface area contributed by atoms with Crippen molar-refractivity contribution < 1.29 is 8.42 Å². The quantitative estimate of drug-likeness (QED) is 0.932. The summed E-state index contributed by atoms with van der Waals surface area (Å²) in [6.07, 6.45) is 6.96. The molecule has 1 aliphatic carbocycles. The van der Waals surface area contributed by atoms with Crippen LogP contribution in [0, 0.1) is 0 Å². The van der Waals surface area contributed by atoms with Crippen molar-refractivity contribution in [2.75, 3.05) is 12.0 Å². The zero-order chi connectivity index (χ0) is 14.2. The maximum absolute atomic E-state index is 12.2. The molecule has 0 bridgehead atoms. The molecular formula is C15H21NO2S2. The zero-order valence-corrected chi connectivity index (χ0v) is 13.3. The van der Waals surface area contributed by atoms with E-state index in [4.69, 9.17) is 0 Å². The summed E-state index contributed by atoms with van der Waals surface area (Å²) in [6.45, 7) is 0. The third kappa shape index (κ3) is 2.76. The van der Waals surface area contributed by atoms with E-state index < -0.39 is 9.84 Å². The Morgan fingerprint density at radius 2 is 1.85 bits per heavy atom. The summed E-state index contributed by atoms with van der Waals surface area (Å²) in [7, 11) is -3.09. The summed E-state index contributed by atoms with van der Waals surface area (Å²) in [5.41, 5.74) is 0.958. The first-order valence-electron chi connectivity index (χ1n) is 7.20. The molecule has 0 saturated heterocycles. The van der Waals surface area contributed by atoms with Gasteiger partial charge in [0.05, 0.1) is 10.6 Å². The van der Waals surface area contributed by atoms with Crippen LogP contribution < -0.4 is 5.32 Å². The number of hydrogen-bond donors (Lipinski definition) is 1. The van der Waals surface area contributed by atoms with Crippen molar-refractivity contribution in [1.82, 2.24) is 5.32 Å². The van der Waals surface area contributed by atoms with Crippen LogP contribution in [0.2, 0.25) is 0 Å². The van der Waals surface area contributed by atoms with Gasteiger partial charge in [-0.25, -0.2) is 8.42 Å². The summed E-state index contributed by atoms with van der Waals surface area (Å²) >= 11 is 1.96. The average Bonchev–Trinajstić information content (AvgIpc) is 2.72. The first-order valence-corrected chi connectivity index (χ1v) is 10.1. The molecule has 1 N–H and O–H groups in total. The van der Waals surface area contributed by atoms with E-state index in [9.17, 15) is 8.42 Å². The van der Waals surface area contributed by atoms with Gasteiger partial charge >= 0.3 is 0 Å². The smallest absolute Gasteiger partial charge is 0.180 e. The number of nitrogens with one attached hydrogen (secondary N) is 1. The Hall–Kier alpha value is -0.520. The summed E-state index contributed by atoms with van der Waals surface area (Å²) < 4.78 is 24.3. The first-order chi connectivity index (χ1) is 9.60. The Kier molecular flexibility index (Phi) is 4.11. The summed E-state index contributed by atoms with van der Waals surface area (Å²) in [6, 6.07) is 7.86. The SMILES string of the molecule is CSC1CCC(NC2CS(=O)(=O)c3ccccc32)CC1. The van der Waals surface area contributed by atoms with Gasteiger partial charge in [0, 0.05) is 17.3 Å². The predicted octanol–water partition coefficient (Wildman–Crippen LogP) is 2.78. The van der Waals surface area contributed by atoms with Gasteiger partial charge in [-0.05, 0) is 43.6 Å². The molecule has 5 heteroatoms. The van der Waals surface area contributed by atoms with Crippen LogP contribution in [-0.2, 0) is 9.84 Å². The van der Waals surface area contributed by atoms with Crippen molar-refractivity contribution in [2.45, 2.75) is 47.9 Å². The molecule has 0 radical (unpaired) electrons. The van der Waals surface area contributed by atoms with E-state index in [0.29, 0.717) is 10.9 Å². The number of sulfone groups is 1. The molecule has 1 fully saturated rings. The lowest BCUT2D eigenvalue weighted by Crippen LogP contribution is -2.37. The van der Waals surface area contributed by atoms with E-state index in [1.54, 1.807) is 6.07 Å². The molecule has 1 aromatic carbocycles. The lowest BCUT2D eigenvalue weighted by molar-refractivity contribution is 0.354. The normalized spacial score (nSPS) is 31.9. The Morgan fingerprint density at radius 3 is 2.55 bits per heavy atom. The van der Waals surface area contributed by atoms with Crippen molar-refractivity contribution in [1.29, 1.82) is 0 Å². The van der Waals surface area contributed by atoms with Gasteiger partial charge in [0.25, 0.3) is 0 Å². The molecule has 1 heterocycles. The van der Waals surface area contributed by atoms with E-state index in [1.807, 2.05) is 30.0 Å². The molecule has 0 aromatic heterocycles. The first kappa shape index (κ1) is 14.4. The summed E-state index contributed by atoms with van der Waals surface area (Å²) in [4.78, 5) is 0.523. The zero-order valence-electron chi connectivity index (χ0n) is 11.7. The second kappa shape index (κ2) is 5.70. The van der Waals surface area contributed by atoms with Gasteiger partial charge < -0.3 is 5.32 Å². The Labute approximate surface area is 125 Å². The lowest BCUT2D eigenvalue weighted by Gasteiger charge is -2.30. The second-order valence-electron chi connectivity index (χ2n) is 5.75. The highest BCUT2D eigenvalue weighted by molar-refractivity contribution is 7.99. The van der Waals surface area contributed by atoms with Crippen LogP contribution in [0.4, 0.5) is 0 Å². The van der Waals surface area contributed by atoms with Crippen molar-refractivity contribution in [2.24, 2.45) is 0 Å². The van der Waals surface area contributed by atoms with Crippen molar-refractivity contribution in [3.63, 3.8) is 0 Å². The monoisotopic (exact) mass is 311 g/mol. The van der Waals surface area contributed by atoms with Crippen LogP contribution >= 0.6 is 11.8 Å². The number of benzene rings is 1. The van der Waals surface area contributed by atoms with Gasteiger partial charge in [0.15, 0.2) is 9.84 Å². The van der Waals surface area contributed by atoms with Crippen LogP contribution in [0.25, 0.3) is 0 Å². The lowest BCUT2D eigenvalue weighted by atomic mass is 9.94. The molecule has 1 atom stereocenters. The minimum atomic E-state index is -3.09. The Balaban J connectivity index is 1.71. The van der Waals surface area contributed by atoms with E-state index in [0.717, 1.165) is 23.7 Å². The second-order valence-corrected chi connectivity index (χ2v) is 8.89. The molecule has 2 aliphatic rings. The molecule has 110 valence electrons. The fourth-order valence-corrected chi connectivity index (χ4v) is 5.83. The number of rotatable bonds is 3. The maximum Gasteiger partial charge on any atom is 0.180 e. The van der Waals surface area contributed by atoms with Crippen molar-refractivity contribution >= 4 is 21.6 Å². The summed E-state index contributed by atoms with van der Waals surface area (Å²) in [5.74, 6) is 0.217. The molecule has 1 saturated carbocycles. The molecule has 1 aliphatic heterocycles. The van der Waals surface area contributed by atoms with Gasteiger partial charge in [0.2, 0.25) is 0 Å². The van der Waals surface area contributed by atoms with Crippen molar-refractivity contribution in [3.05, 3.63) is 29.8 Å². The van der Waals surface area contributed by atoms with E-state index in [2.05, 4.69) is 11.6 Å². The standard InChI is InChI=1S/C15H21NO2S2/c1-19-12-8-6-11(7-9-12)16-14-10-20(17,18)15-5-3-2-4-13(14)15/h2-5,11-12,14,16H,6-10H2,1H3. The summed E-state index contributed by atoms with van der Waals surface area (Å²) in [5, 5.41) is 4.37.